The SMILES string of the molecule is Cc1cc2c(cc1C)-c1ccc(-c3ccc4c(c3)Cc3cc(C)c(C)cc3-4)cc1C2. The summed E-state index contributed by atoms with van der Waals surface area (Å²) in [6, 6.07) is 23.6. The average molecular weight is 387 g/mol. The summed E-state index contributed by atoms with van der Waals surface area (Å²) in [5, 5.41) is 0. The largest absolute Gasteiger partial charge is 0.0549 e. The topological polar surface area (TPSA) is 0 Å². The molecule has 0 N–H and O–H groups in total. The summed E-state index contributed by atoms with van der Waals surface area (Å²) in [6.45, 7) is 8.87. The molecule has 146 valence electrons. The molecule has 0 bridgehead atoms. The zero-order valence-corrected chi connectivity index (χ0v) is 18.2. The minimum absolute atomic E-state index is 1.05. The van der Waals surface area contributed by atoms with Crippen molar-refractivity contribution in [1.29, 1.82) is 0 Å². The van der Waals surface area contributed by atoms with Crippen LogP contribution in [0.25, 0.3) is 33.4 Å². The van der Waals surface area contributed by atoms with E-state index in [1.165, 1.54) is 77.9 Å². The molecule has 0 heterocycles. The first kappa shape index (κ1) is 17.7. The summed E-state index contributed by atoms with van der Waals surface area (Å²) in [4.78, 5) is 0. The Kier molecular flexibility index (Phi) is 3.65. The fourth-order valence-electron chi connectivity index (χ4n) is 5.32. The van der Waals surface area contributed by atoms with Gasteiger partial charge in [-0.2, -0.15) is 0 Å². The van der Waals surface area contributed by atoms with Gasteiger partial charge in [0.1, 0.15) is 0 Å². The Hall–Kier alpha value is -3.12. The van der Waals surface area contributed by atoms with E-state index in [0.29, 0.717) is 0 Å². The van der Waals surface area contributed by atoms with Crippen molar-refractivity contribution in [2.24, 2.45) is 0 Å². The lowest BCUT2D eigenvalue weighted by molar-refractivity contribution is 1.23. The maximum atomic E-state index is 2.41. The summed E-state index contributed by atoms with van der Waals surface area (Å²) in [5.74, 6) is 0. The summed E-state index contributed by atoms with van der Waals surface area (Å²) >= 11 is 0. The Bertz CT molecular complexity index is 1260. The van der Waals surface area contributed by atoms with Crippen molar-refractivity contribution >= 4 is 0 Å². The third-order valence-electron chi connectivity index (χ3n) is 7.33. The lowest BCUT2D eigenvalue weighted by Crippen LogP contribution is -1.86. The second-order valence-electron chi connectivity index (χ2n) is 9.28. The molecule has 2 aliphatic carbocycles. The Morgan fingerprint density at radius 1 is 0.400 bits per heavy atom. The van der Waals surface area contributed by atoms with Gasteiger partial charge in [0.25, 0.3) is 0 Å². The fourth-order valence-corrected chi connectivity index (χ4v) is 5.32. The van der Waals surface area contributed by atoms with Crippen molar-refractivity contribution in [2.75, 3.05) is 0 Å². The summed E-state index contributed by atoms with van der Waals surface area (Å²) < 4.78 is 0. The molecular formula is C30H26. The second kappa shape index (κ2) is 6.19. The van der Waals surface area contributed by atoms with E-state index in [0.717, 1.165) is 12.8 Å². The molecule has 30 heavy (non-hydrogen) atoms. The van der Waals surface area contributed by atoms with E-state index in [-0.39, 0.29) is 0 Å². The van der Waals surface area contributed by atoms with Crippen LogP contribution in [-0.4, -0.2) is 0 Å². The third kappa shape index (κ3) is 2.53. The fraction of sp³-hybridized carbons (Fsp3) is 0.200. The minimum Gasteiger partial charge on any atom is -0.0549 e. The molecule has 0 saturated heterocycles. The van der Waals surface area contributed by atoms with Gasteiger partial charge in [-0.25, -0.2) is 0 Å². The van der Waals surface area contributed by atoms with E-state index in [1.54, 1.807) is 0 Å². The highest BCUT2D eigenvalue weighted by Gasteiger charge is 2.22. The summed E-state index contributed by atoms with van der Waals surface area (Å²) in [5.41, 5.74) is 19.8. The van der Waals surface area contributed by atoms with Crippen LogP contribution in [0.4, 0.5) is 0 Å². The molecule has 0 atom stereocenters. The Labute approximate surface area is 179 Å². The lowest BCUT2D eigenvalue weighted by Gasteiger charge is -2.09. The van der Waals surface area contributed by atoms with Crippen molar-refractivity contribution in [3.8, 4) is 33.4 Å². The quantitative estimate of drug-likeness (QED) is 0.271. The summed E-state index contributed by atoms with van der Waals surface area (Å²) in [6.07, 6.45) is 2.10. The Morgan fingerprint density at radius 2 is 0.767 bits per heavy atom. The molecule has 0 fully saturated rings. The number of fused-ring (bicyclic) bond motifs is 6. The first-order valence-corrected chi connectivity index (χ1v) is 10.9. The van der Waals surface area contributed by atoms with Gasteiger partial charge in [-0.3, -0.25) is 0 Å². The molecule has 6 rings (SSSR count). The number of hydrogen-bond donors (Lipinski definition) is 0. The standard InChI is InChI=1S/C30H26/c1-17-9-23-15-25-13-21(5-7-27(25)29(23)11-19(17)3)22-6-8-28-26(14-22)16-24-10-18(2)20(4)12-30(24)28/h5-14H,15-16H2,1-4H3. The highest BCUT2D eigenvalue weighted by molar-refractivity contribution is 5.84. The molecule has 0 aromatic heterocycles. The highest BCUT2D eigenvalue weighted by atomic mass is 14.3. The van der Waals surface area contributed by atoms with Crippen LogP contribution in [0.1, 0.15) is 44.5 Å². The molecule has 0 spiro atoms. The molecule has 2 aliphatic rings. The van der Waals surface area contributed by atoms with Crippen molar-refractivity contribution < 1.29 is 0 Å². The first-order valence-electron chi connectivity index (χ1n) is 10.9. The van der Waals surface area contributed by atoms with Gasteiger partial charge in [0.2, 0.25) is 0 Å². The van der Waals surface area contributed by atoms with E-state index >= 15 is 0 Å². The molecule has 0 unspecified atom stereocenters. The normalized spacial score (nSPS) is 13.1. The van der Waals surface area contributed by atoms with Crippen LogP contribution in [0, 0.1) is 27.7 Å². The van der Waals surface area contributed by atoms with Gasteiger partial charge in [-0.15, -0.1) is 0 Å². The maximum absolute atomic E-state index is 2.41. The zero-order valence-electron chi connectivity index (χ0n) is 18.2. The zero-order chi connectivity index (χ0) is 20.6. The van der Waals surface area contributed by atoms with Gasteiger partial charge in [0, 0.05) is 0 Å². The maximum Gasteiger partial charge on any atom is -0.00131 e. The van der Waals surface area contributed by atoms with Crippen molar-refractivity contribution in [3.63, 3.8) is 0 Å². The van der Waals surface area contributed by atoms with Crippen LogP contribution in [0.2, 0.25) is 0 Å². The van der Waals surface area contributed by atoms with Crippen LogP contribution < -0.4 is 0 Å². The molecular weight excluding hydrogens is 360 g/mol. The number of benzene rings is 4. The van der Waals surface area contributed by atoms with Crippen molar-refractivity contribution in [3.05, 3.63) is 105 Å². The van der Waals surface area contributed by atoms with E-state index in [1.807, 2.05) is 0 Å². The van der Waals surface area contributed by atoms with E-state index < -0.39 is 0 Å². The predicted molar refractivity (Wildman–Crippen MR) is 127 cm³/mol. The molecule has 4 aromatic rings. The van der Waals surface area contributed by atoms with Gasteiger partial charge in [0.15, 0.2) is 0 Å². The van der Waals surface area contributed by atoms with Crippen molar-refractivity contribution in [2.45, 2.75) is 40.5 Å². The van der Waals surface area contributed by atoms with Crippen molar-refractivity contribution in [1.82, 2.24) is 0 Å². The van der Waals surface area contributed by atoms with Crippen LogP contribution in [-0.2, 0) is 12.8 Å². The molecule has 0 radical (unpaired) electrons. The lowest BCUT2D eigenvalue weighted by atomic mass is 9.95. The first-order chi connectivity index (χ1) is 14.5. The van der Waals surface area contributed by atoms with Gasteiger partial charge in [-0.05, 0) is 118 Å². The average Bonchev–Trinajstić information content (AvgIpc) is 3.25. The Balaban J connectivity index is 1.39. The van der Waals surface area contributed by atoms with Gasteiger partial charge in [-0.1, -0.05) is 60.7 Å². The van der Waals surface area contributed by atoms with Crippen LogP contribution in [0.5, 0.6) is 0 Å². The third-order valence-corrected chi connectivity index (χ3v) is 7.33. The van der Waals surface area contributed by atoms with E-state index in [2.05, 4.69) is 88.4 Å². The number of hydrogen-bond acceptors (Lipinski definition) is 0. The highest BCUT2D eigenvalue weighted by Crippen LogP contribution is 2.42. The monoisotopic (exact) mass is 386 g/mol. The summed E-state index contributed by atoms with van der Waals surface area (Å²) in [7, 11) is 0. The molecule has 0 saturated carbocycles. The van der Waals surface area contributed by atoms with Gasteiger partial charge < -0.3 is 0 Å². The number of aryl methyl sites for hydroxylation is 4. The molecule has 0 heteroatoms. The van der Waals surface area contributed by atoms with E-state index in [9.17, 15) is 0 Å². The van der Waals surface area contributed by atoms with Crippen LogP contribution >= 0.6 is 0 Å². The second-order valence-corrected chi connectivity index (χ2v) is 9.28. The molecule has 0 amide bonds. The van der Waals surface area contributed by atoms with E-state index in [4.69, 9.17) is 0 Å². The van der Waals surface area contributed by atoms with Crippen LogP contribution in [0.15, 0.2) is 60.7 Å². The Morgan fingerprint density at radius 3 is 1.20 bits per heavy atom. The van der Waals surface area contributed by atoms with Gasteiger partial charge >= 0.3 is 0 Å². The molecule has 0 aliphatic heterocycles. The number of rotatable bonds is 1. The molecule has 4 aromatic carbocycles. The van der Waals surface area contributed by atoms with Crippen LogP contribution in [0.3, 0.4) is 0 Å². The molecule has 0 nitrogen and oxygen atoms in total. The minimum atomic E-state index is 1.05. The predicted octanol–water partition coefficient (Wildman–Crippen LogP) is 7.73. The smallest absolute Gasteiger partial charge is 0.00131 e. The van der Waals surface area contributed by atoms with Gasteiger partial charge in [0.05, 0.1) is 0 Å².